The van der Waals surface area contributed by atoms with Gasteiger partial charge in [0.25, 0.3) is 0 Å². The van der Waals surface area contributed by atoms with Crippen LogP contribution in [0.1, 0.15) is 25.7 Å². The van der Waals surface area contributed by atoms with Gasteiger partial charge >= 0.3 is 0 Å². The average Bonchev–Trinajstić information content (AvgIpc) is 2.47. The Bertz CT molecular complexity index is 616. The molecule has 0 saturated heterocycles. The van der Waals surface area contributed by atoms with E-state index >= 15 is 0 Å². The molecule has 0 radical (unpaired) electrons. The number of benzene rings is 1. The molecule has 2 nitrogen and oxygen atoms in total. The number of halogens is 2. The van der Waals surface area contributed by atoms with Crippen molar-refractivity contribution in [3.8, 4) is 0 Å². The molecule has 1 saturated carbocycles. The molecule has 4 heteroatoms. The standard InChI is InChI=1S/C16H18BrClN2/c1-20(15-8-3-2-7-14(15)18)16-12-5-4-6-13(17)11(12)9-10-19-16/h4-6,9-10,14-15H,2-3,7-8H2,1H3. The predicted molar refractivity (Wildman–Crippen MR) is 89.7 cm³/mol. The summed E-state index contributed by atoms with van der Waals surface area (Å²) < 4.78 is 1.11. The van der Waals surface area contributed by atoms with Crippen molar-refractivity contribution in [2.75, 3.05) is 11.9 Å². The summed E-state index contributed by atoms with van der Waals surface area (Å²) >= 11 is 10.1. The van der Waals surface area contributed by atoms with Crippen LogP contribution in [0.25, 0.3) is 10.8 Å². The van der Waals surface area contributed by atoms with Crippen molar-refractivity contribution in [1.29, 1.82) is 0 Å². The Morgan fingerprint density at radius 2 is 2.00 bits per heavy atom. The molecule has 1 fully saturated rings. The first kappa shape index (κ1) is 14.2. The fourth-order valence-corrected chi connectivity index (χ4v) is 4.04. The normalized spacial score (nSPS) is 22.9. The fourth-order valence-electron chi connectivity index (χ4n) is 3.09. The zero-order chi connectivity index (χ0) is 14.1. The van der Waals surface area contributed by atoms with Crippen LogP contribution in [0.15, 0.2) is 34.9 Å². The van der Waals surface area contributed by atoms with E-state index in [2.05, 4.69) is 57.1 Å². The van der Waals surface area contributed by atoms with E-state index in [1.165, 1.54) is 23.6 Å². The van der Waals surface area contributed by atoms with Gasteiger partial charge in [-0.25, -0.2) is 4.98 Å². The highest BCUT2D eigenvalue weighted by Crippen LogP contribution is 2.34. The van der Waals surface area contributed by atoms with Gasteiger partial charge < -0.3 is 4.90 Å². The largest absolute Gasteiger partial charge is 0.355 e. The summed E-state index contributed by atoms with van der Waals surface area (Å²) in [7, 11) is 2.12. The van der Waals surface area contributed by atoms with Gasteiger partial charge in [-0.05, 0) is 25.0 Å². The number of anilines is 1. The van der Waals surface area contributed by atoms with Gasteiger partial charge in [0, 0.05) is 34.5 Å². The number of hydrogen-bond acceptors (Lipinski definition) is 2. The van der Waals surface area contributed by atoms with Crippen LogP contribution < -0.4 is 4.90 Å². The van der Waals surface area contributed by atoms with Gasteiger partial charge in [-0.3, -0.25) is 0 Å². The van der Waals surface area contributed by atoms with Crippen LogP contribution in [-0.4, -0.2) is 23.5 Å². The zero-order valence-corrected chi connectivity index (χ0v) is 13.9. The van der Waals surface area contributed by atoms with E-state index in [9.17, 15) is 0 Å². The van der Waals surface area contributed by atoms with E-state index in [0.717, 1.165) is 23.1 Å². The van der Waals surface area contributed by atoms with Crippen LogP contribution in [-0.2, 0) is 0 Å². The number of nitrogens with zero attached hydrogens (tertiary/aromatic N) is 2. The van der Waals surface area contributed by atoms with E-state index < -0.39 is 0 Å². The highest BCUT2D eigenvalue weighted by Gasteiger charge is 2.28. The van der Waals surface area contributed by atoms with E-state index in [1.54, 1.807) is 0 Å². The zero-order valence-electron chi connectivity index (χ0n) is 11.5. The molecule has 0 spiro atoms. The van der Waals surface area contributed by atoms with Gasteiger partial charge in [-0.1, -0.05) is 40.9 Å². The number of aromatic nitrogens is 1. The van der Waals surface area contributed by atoms with Crippen LogP contribution in [0.3, 0.4) is 0 Å². The Kier molecular flexibility index (Phi) is 4.18. The summed E-state index contributed by atoms with van der Waals surface area (Å²) in [6, 6.07) is 8.69. The van der Waals surface area contributed by atoms with Crippen molar-refractivity contribution in [2.45, 2.75) is 37.1 Å². The molecule has 1 aliphatic rings. The maximum atomic E-state index is 6.53. The number of hydrogen-bond donors (Lipinski definition) is 0. The number of pyridine rings is 1. The van der Waals surface area contributed by atoms with Crippen molar-refractivity contribution in [1.82, 2.24) is 4.98 Å². The Morgan fingerprint density at radius 3 is 2.80 bits per heavy atom. The highest BCUT2D eigenvalue weighted by atomic mass is 79.9. The Balaban J connectivity index is 2.03. The molecule has 20 heavy (non-hydrogen) atoms. The Morgan fingerprint density at radius 1 is 1.20 bits per heavy atom. The van der Waals surface area contributed by atoms with Crippen molar-refractivity contribution < 1.29 is 0 Å². The second kappa shape index (κ2) is 5.90. The van der Waals surface area contributed by atoms with Gasteiger partial charge in [-0.2, -0.15) is 0 Å². The lowest BCUT2D eigenvalue weighted by Crippen LogP contribution is -2.41. The predicted octanol–water partition coefficient (Wildman–Crippen LogP) is 4.98. The highest BCUT2D eigenvalue weighted by molar-refractivity contribution is 9.10. The molecule has 0 bridgehead atoms. The molecule has 0 aliphatic heterocycles. The van der Waals surface area contributed by atoms with Gasteiger partial charge in [-0.15, -0.1) is 11.6 Å². The minimum absolute atomic E-state index is 0.220. The number of fused-ring (bicyclic) bond motifs is 1. The maximum absolute atomic E-state index is 6.53. The molecule has 106 valence electrons. The van der Waals surface area contributed by atoms with E-state index in [-0.39, 0.29) is 5.38 Å². The minimum atomic E-state index is 0.220. The molecule has 2 unspecified atom stereocenters. The Labute approximate surface area is 133 Å². The van der Waals surface area contributed by atoms with Crippen LogP contribution in [0.4, 0.5) is 5.82 Å². The fraction of sp³-hybridized carbons (Fsp3) is 0.438. The smallest absolute Gasteiger partial charge is 0.136 e. The summed E-state index contributed by atoms with van der Waals surface area (Å²) in [5, 5.41) is 2.60. The molecule has 1 aliphatic carbocycles. The van der Waals surface area contributed by atoms with Gasteiger partial charge in [0.2, 0.25) is 0 Å². The first-order chi connectivity index (χ1) is 9.68. The molecule has 1 aromatic heterocycles. The third-order valence-corrected chi connectivity index (χ3v) is 5.41. The molecular weight excluding hydrogens is 336 g/mol. The minimum Gasteiger partial charge on any atom is -0.355 e. The number of rotatable bonds is 2. The van der Waals surface area contributed by atoms with Crippen LogP contribution >= 0.6 is 27.5 Å². The van der Waals surface area contributed by atoms with Crippen molar-refractivity contribution in [3.05, 3.63) is 34.9 Å². The Hall–Kier alpha value is -0.800. The van der Waals surface area contributed by atoms with Crippen LogP contribution in [0, 0.1) is 0 Å². The molecule has 2 atom stereocenters. The average molecular weight is 354 g/mol. The van der Waals surface area contributed by atoms with Gasteiger partial charge in [0.1, 0.15) is 5.82 Å². The lowest BCUT2D eigenvalue weighted by molar-refractivity contribution is 0.433. The first-order valence-electron chi connectivity index (χ1n) is 7.08. The third kappa shape index (κ3) is 2.53. The summed E-state index contributed by atoms with van der Waals surface area (Å²) in [4.78, 5) is 6.87. The molecule has 3 rings (SSSR count). The summed E-state index contributed by atoms with van der Waals surface area (Å²) in [6.07, 6.45) is 6.63. The van der Waals surface area contributed by atoms with Crippen molar-refractivity contribution in [3.63, 3.8) is 0 Å². The third-order valence-electron chi connectivity index (χ3n) is 4.21. The molecule has 0 amide bonds. The summed E-state index contributed by atoms with van der Waals surface area (Å²) in [5.74, 6) is 1.03. The van der Waals surface area contributed by atoms with Gasteiger partial charge in [0.05, 0.1) is 5.38 Å². The number of alkyl halides is 1. The second-order valence-corrected chi connectivity index (χ2v) is 6.86. The lowest BCUT2D eigenvalue weighted by atomic mass is 9.93. The molecule has 0 N–H and O–H groups in total. The first-order valence-corrected chi connectivity index (χ1v) is 8.31. The van der Waals surface area contributed by atoms with Crippen molar-refractivity contribution >= 4 is 44.1 Å². The molecule has 2 aromatic rings. The van der Waals surface area contributed by atoms with E-state index in [4.69, 9.17) is 11.6 Å². The van der Waals surface area contributed by atoms with Crippen LogP contribution in [0.2, 0.25) is 0 Å². The topological polar surface area (TPSA) is 16.1 Å². The summed E-state index contributed by atoms with van der Waals surface area (Å²) in [6.45, 7) is 0. The lowest BCUT2D eigenvalue weighted by Gasteiger charge is -2.36. The van der Waals surface area contributed by atoms with E-state index in [0.29, 0.717) is 6.04 Å². The van der Waals surface area contributed by atoms with Gasteiger partial charge in [0.15, 0.2) is 0 Å². The maximum Gasteiger partial charge on any atom is 0.136 e. The van der Waals surface area contributed by atoms with E-state index in [1.807, 2.05) is 6.20 Å². The van der Waals surface area contributed by atoms with Crippen molar-refractivity contribution in [2.24, 2.45) is 0 Å². The van der Waals surface area contributed by atoms with Crippen LogP contribution in [0.5, 0.6) is 0 Å². The molecule has 1 heterocycles. The monoisotopic (exact) mass is 352 g/mol. The molecule has 1 aromatic carbocycles. The summed E-state index contributed by atoms with van der Waals surface area (Å²) in [5.41, 5.74) is 0. The quantitative estimate of drug-likeness (QED) is 0.708. The second-order valence-electron chi connectivity index (χ2n) is 5.45. The molecular formula is C16H18BrClN2. The SMILES string of the molecule is CN(c1nccc2c(Br)cccc12)C1CCCCC1Cl.